The number of rotatable bonds is 5. The van der Waals surface area contributed by atoms with Gasteiger partial charge in [-0.15, -0.1) is 0 Å². The van der Waals surface area contributed by atoms with Crippen LogP contribution in [0.1, 0.15) is 27.8 Å². The minimum atomic E-state index is -4.18. The average Bonchev–Trinajstić information content (AvgIpc) is 2.82. The molecule has 0 fully saturated rings. The highest BCUT2D eigenvalue weighted by Gasteiger charge is 2.24. The Bertz CT molecular complexity index is 1690. The molecule has 0 unspecified atom stereocenters. The van der Waals surface area contributed by atoms with Gasteiger partial charge < -0.3 is 4.74 Å². The SMILES string of the molecule is Cc1ccc(S(=O)(=O)C(C#N)=Cc2c(Oc3cccc(C)c3C)nc3c(C)cccn3c2=O)cc1. The van der Waals surface area contributed by atoms with Crippen molar-refractivity contribution in [3.63, 3.8) is 0 Å². The van der Waals surface area contributed by atoms with Crippen molar-refractivity contribution < 1.29 is 13.2 Å². The third-order valence-corrected chi connectivity index (χ3v) is 7.50. The lowest BCUT2D eigenvalue weighted by molar-refractivity contribution is 0.457. The Kier molecular flexibility index (Phi) is 6.29. The quantitative estimate of drug-likeness (QED) is 0.366. The smallest absolute Gasteiger partial charge is 0.269 e. The monoisotopic (exact) mass is 485 g/mol. The van der Waals surface area contributed by atoms with Crippen LogP contribution in [0.15, 0.2) is 75.4 Å². The number of benzene rings is 2. The molecule has 2 aromatic heterocycles. The lowest BCUT2D eigenvalue weighted by atomic mass is 10.1. The van der Waals surface area contributed by atoms with Crippen molar-refractivity contribution in [3.05, 3.63) is 104 Å². The number of aryl methyl sites for hydroxylation is 3. The first-order valence-corrected chi connectivity index (χ1v) is 12.3. The number of allylic oxidation sites excluding steroid dienone is 1. The molecule has 0 aliphatic rings. The highest BCUT2D eigenvalue weighted by molar-refractivity contribution is 7.95. The number of nitriles is 1. The maximum absolute atomic E-state index is 13.5. The van der Waals surface area contributed by atoms with Crippen molar-refractivity contribution in [3.8, 4) is 17.7 Å². The van der Waals surface area contributed by atoms with Gasteiger partial charge in [0.15, 0.2) is 0 Å². The van der Waals surface area contributed by atoms with Gasteiger partial charge in [-0.05, 0) is 74.7 Å². The van der Waals surface area contributed by atoms with Gasteiger partial charge in [-0.1, -0.05) is 35.9 Å². The molecular weight excluding hydrogens is 462 g/mol. The predicted octanol–water partition coefficient (Wildman–Crippen LogP) is 5.06. The van der Waals surface area contributed by atoms with Gasteiger partial charge in [0.1, 0.15) is 27.9 Å². The van der Waals surface area contributed by atoms with E-state index in [-0.39, 0.29) is 16.3 Å². The van der Waals surface area contributed by atoms with E-state index in [1.165, 1.54) is 22.7 Å². The van der Waals surface area contributed by atoms with Gasteiger partial charge in [-0.2, -0.15) is 10.2 Å². The molecule has 4 rings (SSSR count). The fraction of sp³-hybridized carbons (Fsp3) is 0.148. The molecule has 0 N–H and O–H groups in total. The van der Waals surface area contributed by atoms with E-state index in [1.807, 2.05) is 45.9 Å². The summed E-state index contributed by atoms with van der Waals surface area (Å²) in [6, 6.07) is 16.9. The van der Waals surface area contributed by atoms with E-state index in [4.69, 9.17) is 4.74 Å². The van der Waals surface area contributed by atoms with Gasteiger partial charge >= 0.3 is 0 Å². The molecular formula is C27H23N3O4S. The van der Waals surface area contributed by atoms with Crippen molar-refractivity contribution in [1.29, 1.82) is 5.26 Å². The third-order valence-electron chi connectivity index (χ3n) is 5.82. The average molecular weight is 486 g/mol. The molecule has 7 nitrogen and oxygen atoms in total. The maximum atomic E-state index is 13.5. The second-order valence-electron chi connectivity index (χ2n) is 8.26. The number of hydrogen-bond acceptors (Lipinski definition) is 6. The van der Waals surface area contributed by atoms with Crippen LogP contribution >= 0.6 is 0 Å². The standard InChI is InChI=1S/C27H23N3O4S/c1-17-10-12-21(13-11-17)35(32,33)22(16-28)15-23-26(34-24-9-5-7-18(2)20(24)4)29-25-19(3)8-6-14-30(25)27(23)31/h5-15H,1-4H3. The third kappa shape index (κ3) is 4.46. The van der Waals surface area contributed by atoms with E-state index in [9.17, 15) is 18.5 Å². The second-order valence-corrected chi connectivity index (χ2v) is 10.2. The number of pyridine rings is 1. The van der Waals surface area contributed by atoms with Crippen molar-refractivity contribution >= 4 is 21.6 Å². The van der Waals surface area contributed by atoms with Crippen molar-refractivity contribution in [2.45, 2.75) is 32.6 Å². The first-order valence-electron chi connectivity index (χ1n) is 10.8. The van der Waals surface area contributed by atoms with Crippen LogP contribution in [0.4, 0.5) is 0 Å². The Morgan fingerprint density at radius 2 is 1.69 bits per heavy atom. The summed E-state index contributed by atoms with van der Waals surface area (Å²) in [5.41, 5.74) is 3.12. The topological polar surface area (TPSA) is 102 Å². The molecule has 0 radical (unpaired) electrons. The second kappa shape index (κ2) is 9.20. The largest absolute Gasteiger partial charge is 0.438 e. The normalized spacial score (nSPS) is 11.9. The van der Waals surface area contributed by atoms with Gasteiger partial charge in [0.25, 0.3) is 5.56 Å². The minimum Gasteiger partial charge on any atom is -0.438 e. The maximum Gasteiger partial charge on any atom is 0.269 e. The molecule has 0 bridgehead atoms. The van der Waals surface area contributed by atoms with Gasteiger partial charge in [-0.25, -0.2) is 8.42 Å². The summed E-state index contributed by atoms with van der Waals surface area (Å²) in [7, 11) is -4.18. The summed E-state index contributed by atoms with van der Waals surface area (Å²) in [5.74, 6) is 0.397. The zero-order chi connectivity index (χ0) is 25.3. The molecule has 0 saturated carbocycles. The molecule has 2 heterocycles. The zero-order valence-electron chi connectivity index (χ0n) is 19.7. The fourth-order valence-corrected chi connectivity index (χ4v) is 4.72. The summed E-state index contributed by atoms with van der Waals surface area (Å²) >= 11 is 0. The van der Waals surface area contributed by atoms with Crippen LogP contribution < -0.4 is 10.3 Å². The predicted molar refractivity (Wildman–Crippen MR) is 134 cm³/mol. The molecule has 4 aromatic rings. The Hall–Kier alpha value is -4.22. The molecule has 176 valence electrons. The van der Waals surface area contributed by atoms with Gasteiger partial charge in [0, 0.05) is 6.20 Å². The van der Waals surface area contributed by atoms with E-state index in [0.717, 1.165) is 28.3 Å². The van der Waals surface area contributed by atoms with Crippen LogP contribution in [0.25, 0.3) is 11.7 Å². The zero-order valence-corrected chi connectivity index (χ0v) is 20.6. The van der Waals surface area contributed by atoms with Crippen LogP contribution in [-0.2, 0) is 9.84 Å². The van der Waals surface area contributed by atoms with Crippen LogP contribution in [0, 0.1) is 39.0 Å². The van der Waals surface area contributed by atoms with Crippen LogP contribution in [0.3, 0.4) is 0 Å². The van der Waals surface area contributed by atoms with Crippen molar-refractivity contribution in [2.75, 3.05) is 0 Å². The first kappa shape index (κ1) is 23.9. The van der Waals surface area contributed by atoms with Gasteiger partial charge in [-0.3, -0.25) is 9.20 Å². The van der Waals surface area contributed by atoms with Gasteiger partial charge in [0.05, 0.1) is 4.90 Å². The van der Waals surface area contributed by atoms with E-state index in [1.54, 1.807) is 30.3 Å². The number of ether oxygens (including phenoxy) is 1. The summed E-state index contributed by atoms with van der Waals surface area (Å²) in [6.45, 7) is 7.44. The van der Waals surface area contributed by atoms with E-state index < -0.39 is 20.3 Å². The molecule has 0 aliphatic heterocycles. The summed E-state index contributed by atoms with van der Waals surface area (Å²) < 4.78 is 33.8. The van der Waals surface area contributed by atoms with Gasteiger partial charge in [0.2, 0.25) is 15.7 Å². The number of nitrogens with zero attached hydrogens (tertiary/aromatic N) is 3. The fourth-order valence-electron chi connectivity index (χ4n) is 3.58. The summed E-state index contributed by atoms with van der Waals surface area (Å²) in [4.78, 5) is 17.4. The summed E-state index contributed by atoms with van der Waals surface area (Å²) in [6.07, 6.45) is 2.58. The number of fused-ring (bicyclic) bond motifs is 1. The Balaban J connectivity index is 1.98. The van der Waals surface area contributed by atoms with E-state index >= 15 is 0 Å². The van der Waals surface area contributed by atoms with Crippen molar-refractivity contribution in [2.24, 2.45) is 0 Å². The van der Waals surface area contributed by atoms with Crippen LogP contribution in [0.5, 0.6) is 11.6 Å². The number of aromatic nitrogens is 2. The Morgan fingerprint density at radius 3 is 2.37 bits per heavy atom. The Labute approximate surface area is 203 Å². The molecule has 0 saturated heterocycles. The lowest BCUT2D eigenvalue weighted by Crippen LogP contribution is -2.20. The molecule has 35 heavy (non-hydrogen) atoms. The lowest BCUT2D eigenvalue weighted by Gasteiger charge is -2.14. The minimum absolute atomic E-state index is 0.0439. The number of hydrogen-bond donors (Lipinski definition) is 0. The van der Waals surface area contributed by atoms with E-state index in [2.05, 4.69) is 4.98 Å². The van der Waals surface area contributed by atoms with Crippen LogP contribution in [0.2, 0.25) is 0 Å². The molecule has 0 atom stereocenters. The highest BCUT2D eigenvalue weighted by atomic mass is 32.2. The van der Waals surface area contributed by atoms with Crippen LogP contribution in [-0.4, -0.2) is 17.8 Å². The molecule has 8 heteroatoms. The number of sulfone groups is 1. The molecule has 0 aliphatic carbocycles. The highest BCUT2D eigenvalue weighted by Crippen LogP contribution is 2.30. The van der Waals surface area contributed by atoms with Crippen molar-refractivity contribution in [1.82, 2.24) is 9.38 Å². The Morgan fingerprint density at radius 1 is 1.00 bits per heavy atom. The first-order chi connectivity index (χ1) is 16.6. The molecule has 0 spiro atoms. The summed E-state index contributed by atoms with van der Waals surface area (Å²) in [5, 5.41) is 9.78. The molecule has 2 aromatic carbocycles. The van der Waals surface area contributed by atoms with E-state index in [0.29, 0.717) is 11.4 Å². The molecule has 0 amide bonds.